The maximum Gasteiger partial charge on any atom is 0.233 e. The molecule has 30 heavy (non-hydrogen) atoms. The molecule has 0 atom stereocenters. The van der Waals surface area contributed by atoms with Gasteiger partial charge >= 0.3 is 0 Å². The van der Waals surface area contributed by atoms with E-state index in [0.717, 1.165) is 0 Å². The molecule has 0 aromatic heterocycles. The number of carbonyl (C=O) groups is 2. The van der Waals surface area contributed by atoms with Gasteiger partial charge in [0.05, 0.1) is 62.4 Å². The van der Waals surface area contributed by atoms with Crippen LogP contribution in [0.2, 0.25) is 40.2 Å². The van der Waals surface area contributed by atoms with E-state index in [1.54, 1.807) is 12.1 Å². The fraction of sp³-hybridized carbons (Fsp3) is 0. The zero-order chi connectivity index (χ0) is 22.9. The van der Waals surface area contributed by atoms with Crippen molar-refractivity contribution in [2.75, 3.05) is 0 Å². The highest BCUT2D eigenvalue weighted by molar-refractivity contribution is 8.87. The van der Waals surface area contributed by atoms with Gasteiger partial charge < -0.3 is 0 Å². The summed E-state index contributed by atoms with van der Waals surface area (Å²) in [4.78, 5) is 25.2. The van der Waals surface area contributed by atoms with Crippen molar-refractivity contribution in [2.24, 2.45) is 0 Å². The summed E-state index contributed by atoms with van der Waals surface area (Å²) in [6.07, 6.45) is 0. The third kappa shape index (κ3) is 4.75. The first-order valence-electron chi connectivity index (χ1n) is 6.94. The monoisotopic (exact) mass is 596 g/mol. The number of hydrogen-bond donors (Lipinski definition) is 0. The average Bonchev–Trinajstić information content (AvgIpc) is 2.70. The Bertz CT molecular complexity index is 1050. The van der Waals surface area contributed by atoms with Gasteiger partial charge in [-0.25, -0.2) is 0 Å². The van der Waals surface area contributed by atoms with E-state index in [2.05, 4.69) is 0 Å². The van der Waals surface area contributed by atoms with Crippen LogP contribution >= 0.6 is 114 Å². The summed E-state index contributed by atoms with van der Waals surface area (Å²) in [6, 6.07) is 3.46. The Labute approximate surface area is 217 Å². The molecular weight excluding hydrogens is 600 g/mol. The van der Waals surface area contributed by atoms with Crippen LogP contribution in [0.5, 0.6) is 0 Å². The Morgan fingerprint density at radius 2 is 0.767 bits per heavy atom. The minimum absolute atomic E-state index is 0.195. The van der Waals surface area contributed by atoms with Crippen LogP contribution in [-0.2, 0) is 0 Å². The van der Waals surface area contributed by atoms with Gasteiger partial charge in [0.2, 0.25) is 10.2 Å². The number of nitriles is 2. The summed E-state index contributed by atoms with van der Waals surface area (Å²) in [5.41, 5.74) is -0.963. The van der Waals surface area contributed by atoms with Crippen molar-refractivity contribution in [2.45, 2.75) is 0 Å². The Hall–Kier alpha value is -0.220. The molecule has 14 heteroatoms. The lowest BCUT2D eigenvalue weighted by atomic mass is 10.1. The summed E-state index contributed by atoms with van der Waals surface area (Å²) < 4.78 is 0. The van der Waals surface area contributed by atoms with E-state index < -0.39 is 10.2 Å². The number of benzene rings is 2. The number of halogens is 8. The van der Waals surface area contributed by atoms with Crippen LogP contribution in [-0.4, -0.2) is 10.2 Å². The number of rotatable bonds is 2. The van der Waals surface area contributed by atoms with Gasteiger partial charge in [0.15, 0.2) is 0 Å². The maximum absolute atomic E-state index is 12.6. The first-order valence-corrected chi connectivity index (χ1v) is 12.1. The molecule has 0 unspecified atom stereocenters. The van der Waals surface area contributed by atoms with Crippen molar-refractivity contribution < 1.29 is 9.59 Å². The zero-order valence-corrected chi connectivity index (χ0v) is 21.2. The molecule has 0 bridgehead atoms. The molecular formula is C16Cl8N2O2S2. The standard InChI is InChI=1S/C16Cl8N2O2S2/c17-7-3(1-25)8(18)12(22)5(11(7)21)15(27)29-30-16(28)6-13(23)9(19)4(2-26)10(20)14(6)24. The molecule has 0 aliphatic heterocycles. The third-order valence-electron chi connectivity index (χ3n) is 3.35. The lowest BCUT2D eigenvalue weighted by Gasteiger charge is -2.12. The molecule has 0 saturated heterocycles. The molecule has 0 aliphatic rings. The van der Waals surface area contributed by atoms with E-state index in [0.29, 0.717) is 21.6 Å². The highest BCUT2D eigenvalue weighted by atomic mass is 35.5. The molecule has 0 fully saturated rings. The van der Waals surface area contributed by atoms with Crippen LogP contribution in [0.4, 0.5) is 0 Å². The van der Waals surface area contributed by atoms with Crippen molar-refractivity contribution in [1.29, 1.82) is 10.5 Å². The molecule has 0 radical (unpaired) electrons. The zero-order valence-electron chi connectivity index (χ0n) is 13.6. The van der Waals surface area contributed by atoms with Crippen LogP contribution in [0.25, 0.3) is 0 Å². The largest absolute Gasteiger partial charge is 0.281 e. The minimum Gasteiger partial charge on any atom is -0.281 e. The number of hydrogen-bond acceptors (Lipinski definition) is 6. The number of carbonyl (C=O) groups excluding carboxylic acids is 2. The molecule has 154 valence electrons. The Kier molecular flexibility index (Phi) is 9.20. The summed E-state index contributed by atoms with van der Waals surface area (Å²) in [7, 11) is 0.843. The molecule has 2 rings (SSSR count). The quantitative estimate of drug-likeness (QED) is 0.253. The van der Waals surface area contributed by atoms with Gasteiger partial charge in [-0.2, -0.15) is 10.5 Å². The summed E-state index contributed by atoms with van der Waals surface area (Å²) >= 11 is 48.0. The lowest BCUT2D eigenvalue weighted by molar-refractivity contribution is 0.107. The fourth-order valence-electron chi connectivity index (χ4n) is 1.98. The molecule has 0 N–H and O–H groups in total. The van der Waals surface area contributed by atoms with Gasteiger partial charge in [0.1, 0.15) is 12.1 Å². The van der Waals surface area contributed by atoms with Crippen molar-refractivity contribution in [3.05, 3.63) is 62.4 Å². The normalized spacial score (nSPS) is 10.5. The van der Waals surface area contributed by atoms with E-state index in [1.165, 1.54) is 0 Å². The van der Waals surface area contributed by atoms with Crippen molar-refractivity contribution >= 4 is 125 Å². The van der Waals surface area contributed by atoms with Crippen LogP contribution in [0, 0.1) is 22.7 Å². The summed E-state index contributed by atoms with van der Waals surface area (Å²) in [6.45, 7) is 0. The predicted octanol–water partition coefficient (Wildman–Crippen LogP) is 9.02. The first kappa shape index (κ1) is 26.0. The Morgan fingerprint density at radius 1 is 0.533 bits per heavy atom. The Balaban J connectivity index is 2.39. The molecule has 0 amide bonds. The minimum atomic E-state index is -0.783. The highest BCUT2D eigenvalue weighted by Gasteiger charge is 2.29. The molecule has 0 spiro atoms. The first-order chi connectivity index (χ1) is 14.0. The van der Waals surface area contributed by atoms with E-state index in [4.69, 9.17) is 103 Å². The van der Waals surface area contributed by atoms with Crippen LogP contribution in [0.3, 0.4) is 0 Å². The molecule has 0 aliphatic carbocycles. The van der Waals surface area contributed by atoms with E-state index in [9.17, 15) is 9.59 Å². The number of nitrogens with zero attached hydrogens (tertiary/aromatic N) is 2. The SMILES string of the molecule is N#Cc1c(Cl)c(Cl)c(C(=O)SSC(=O)c2c(Cl)c(Cl)c(C#N)c(Cl)c2Cl)c(Cl)c1Cl. The topological polar surface area (TPSA) is 81.7 Å². The van der Waals surface area contributed by atoms with E-state index in [1.807, 2.05) is 0 Å². The molecule has 2 aromatic rings. The van der Waals surface area contributed by atoms with Gasteiger partial charge in [-0.1, -0.05) is 92.8 Å². The maximum atomic E-state index is 12.6. The average molecular weight is 600 g/mol. The van der Waals surface area contributed by atoms with Crippen molar-refractivity contribution in [3.8, 4) is 12.1 Å². The van der Waals surface area contributed by atoms with E-state index in [-0.39, 0.29) is 62.4 Å². The van der Waals surface area contributed by atoms with Crippen molar-refractivity contribution in [1.82, 2.24) is 0 Å². The second kappa shape index (κ2) is 10.6. The summed E-state index contributed by atoms with van der Waals surface area (Å²) in [5, 5.41) is 14.4. The molecule has 4 nitrogen and oxygen atoms in total. The summed E-state index contributed by atoms with van der Waals surface area (Å²) in [5.74, 6) is 0. The van der Waals surface area contributed by atoms with Crippen LogP contribution in [0.1, 0.15) is 31.8 Å². The smallest absolute Gasteiger partial charge is 0.233 e. The van der Waals surface area contributed by atoms with Gasteiger partial charge in [-0.3, -0.25) is 9.59 Å². The van der Waals surface area contributed by atoms with Gasteiger partial charge in [0, 0.05) is 0 Å². The van der Waals surface area contributed by atoms with E-state index >= 15 is 0 Å². The van der Waals surface area contributed by atoms with Crippen LogP contribution < -0.4 is 0 Å². The van der Waals surface area contributed by atoms with Gasteiger partial charge in [0.25, 0.3) is 0 Å². The van der Waals surface area contributed by atoms with Gasteiger partial charge in [-0.05, 0) is 21.6 Å². The molecule has 0 saturated carbocycles. The lowest BCUT2D eigenvalue weighted by Crippen LogP contribution is -2.02. The van der Waals surface area contributed by atoms with Gasteiger partial charge in [-0.15, -0.1) is 0 Å². The second-order valence-corrected chi connectivity index (χ2v) is 10.1. The van der Waals surface area contributed by atoms with Crippen LogP contribution in [0.15, 0.2) is 0 Å². The molecule has 0 heterocycles. The fourth-order valence-corrected chi connectivity index (χ4v) is 6.10. The predicted molar refractivity (Wildman–Crippen MR) is 126 cm³/mol. The molecule has 2 aromatic carbocycles. The Morgan fingerprint density at radius 3 is 0.967 bits per heavy atom. The third-order valence-corrected chi connectivity index (χ3v) is 8.71. The second-order valence-electron chi connectivity index (χ2n) is 4.98. The van der Waals surface area contributed by atoms with Crippen molar-refractivity contribution in [3.63, 3.8) is 0 Å². The highest BCUT2D eigenvalue weighted by Crippen LogP contribution is 2.46.